The van der Waals surface area contributed by atoms with Crippen molar-refractivity contribution in [2.45, 2.75) is 43.6 Å². The number of likely N-dealkylation sites (tertiary alicyclic amines) is 1. The standard InChI is InChI=1S/C11H20N2O2S/c1-8(2)13-5-3-11(4-6-13)12-9(7-16-11)10(14)15/h8-9,12H,3-7H2,1-2H3,(H,14,15)/t9-/m1/s1. The fourth-order valence-electron chi connectivity index (χ4n) is 2.47. The second-order valence-electron chi connectivity index (χ2n) is 4.97. The van der Waals surface area contributed by atoms with E-state index in [1.54, 1.807) is 11.8 Å². The molecule has 92 valence electrons. The first kappa shape index (κ1) is 12.2. The Morgan fingerprint density at radius 2 is 2.12 bits per heavy atom. The van der Waals surface area contributed by atoms with Gasteiger partial charge in [0.05, 0.1) is 4.87 Å². The van der Waals surface area contributed by atoms with Gasteiger partial charge in [0.25, 0.3) is 0 Å². The minimum atomic E-state index is -0.712. The van der Waals surface area contributed by atoms with Crippen LogP contribution >= 0.6 is 11.8 Å². The number of hydrogen-bond acceptors (Lipinski definition) is 4. The van der Waals surface area contributed by atoms with E-state index in [-0.39, 0.29) is 10.9 Å². The lowest BCUT2D eigenvalue weighted by Gasteiger charge is -2.40. The number of carbonyl (C=O) groups is 1. The first-order chi connectivity index (χ1) is 7.52. The highest BCUT2D eigenvalue weighted by molar-refractivity contribution is 8.01. The van der Waals surface area contributed by atoms with Gasteiger partial charge in [0.15, 0.2) is 0 Å². The van der Waals surface area contributed by atoms with Crippen molar-refractivity contribution >= 4 is 17.7 Å². The number of rotatable bonds is 2. The molecule has 4 nitrogen and oxygen atoms in total. The van der Waals surface area contributed by atoms with Crippen LogP contribution in [0.15, 0.2) is 0 Å². The van der Waals surface area contributed by atoms with Crippen LogP contribution in [0.3, 0.4) is 0 Å². The average molecular weight is 244 g/mol. The molecule has 1 spiro atoms. The van der Waals surface area contributed by atoms with E-state index in [4.69, 9.17) is 5.11 Å². The third-order valence-corrected chi connectivity index (χ3v) is 5.18. The van der Waals surface area contributed by atoms with E-state index >= 15 is 0 Å². The van der Waals surface area contributed by atoms with Crippen molar-refractivity contribution in [1.82, 2.24) is 10.2 Å². The summed E-state index contributed by atoms with van der Waals surface area (Å²) in [5.74, 6) is -0.00698. The van der Waals surface area contributed by atoms with Crippen LogP contribution in [0.25, 0.3) is 0 Å². The van der Waals surface area contributed by atoms with Gasteiger partial charge in [-0.25, -0.2) is 0 Å². The number of aliphatic carboxylic acids is 1. The Bertz CT molecular complexity index is 275. The third kappa shape index (κ3) is 2.36. The smallest absolute Gasteiger partial charge is 0.321 e. The second-order valence-corrected chi connectivity index (χ2v) is 6.37. The first-order valence-electron chi connectivity index (χ1n) is 5.91. The molecule has 5 heteroatoms. The van der Waals surface area contributed by atoms with Gasteiger partial charge in [0.1, 0.15) is 6.04 Å². The zero-order valence-corrected chi connectivity index (χ0v) is 10.7. The van der Waals surface area contributed by atoms with Crippen molar-refractivity contribution in [3.63, 3.8) is 0 Å². The molecule has 2 aliphatic heterocycles. The van der Waals surface area contributed by atoms with Crippen LogP contribution in [0, 0.1) is 0 Å². The van der Waals surface area contributed by atoms with Gasteiger partial charge in [0, 0.05) is 24.9 Å². The number of carboxylic acids is 1. The average Bonchev–Trinajstić information content (AvgIpc) is 2.63. The normalized spacial score (nSPS) is 30.1. The minimum Gasteiger partial charge on any atom is -0.480 e. The molecule has 0 unspecified atom stereocenters. The second kappa shape index (κ2) is 4.55. The van der Waals surface area contributed by atoms with E-state index in [1.165, 1.54) is 0 Å². The number of thioether (sulfide) groups is 1. The molecule has 0 saturated carbocycles. The molecule has 2 rings (SSSR count). The van der Waals surface area contributed by atoms with Crippen molar-refractivity contribution < 1.29 is 9.90 Å². The van der Waals surface area contributed by atoms with Gasteiger partial charge in [0.2, 0.25) is 0 Å². The summed E-state index contributed by atoms with van der Waals surface area (Å²) in [6, 6.07) is 0.245. The van der Waals surface area contributed by atoms with Gasteiger partial charge in [-0.05, 0) is 26.7 Å². The molecule has 1 atom stereocenters. The van der Waals surface area contributed by atoms with Gasteiger partial charge in [-0.1, -0.05) is 0 Å². The molecule has 2 saturated heterocycles. The number of hydrogen-bond donors (Lipinski definition) is 2. The fourth-order valence-corrected chi connectivity index (χ4v) is 3.88. The summed E-state index contributed by atoms with van der Waals surface area (Å²) in [5, 5.41) is 12.3. The molecule has 0 bridgehead atoms. The van der Waals surface area contributed by atoms with Gasteiger partial charge < -0.3 is 10.0 Å². The van der Waals surface area contributed by atoms with Gasteiger partial charge in [-0.3, -0.25) is 10.1 Å². The third-order valence-electron chi connectivity index (χ3n) is 3.60. The summed E-state index contributed by atoms with van der Waals surface area (Å²) in [4.78, 5) is 13.4. The van der Waals surface area contributed by atoms with Gasteiger partial charge in [-0.2, -0.15) is 0 Å². The summed E-state index contributed by atoms with van der Waals surface area (Å²) in [7, 11) is 0. The fraction of sp³-hybridized carbons (Fsp3) is 0.909. The van der Waals surface area contributed by atoms with Crippen LogP contribution in [-0.4, -0.2) is 51.8 Å². The predicted molar refractivity (Wildman–Crippen MR) is 65.7 cm³/mol. The molecule has 0 amide bonds. The molecule has 0 aromatic carbocycles. The van der Waals surface area contributed by atoms with Crippen LogP contribution in [0.5, 0.6) is 0 Å². The highest BCUT2D eigenvalue weighted by Gasteiger charge is 2.43. The molecule has 0 radical (unpaired) electrons. The molecule has 2 N–H and O–H groups in total. The van der Waals surface area contributed by atoms with Crippen molar-refractivity contribution in [2.24, 2.45) is 0 Å². The molecular weight excluding hydrogens is 224 g/mol. The zero-order valence-electron chi connectivity index (χ0n) is 9.90. The van der Waals surface area contributed by atoms with Crippen molar-refractivity contribution in [3.05, 3.63) is 0 Å². The Kier molecular flexibility index (Phi) is 3.47. The molecule has 16 heavy (non-hydrogen) atoms. The summed E-state index contributed by atoms with van der Waals surface area (Å²) in [6.45, 7) is 6.58. The lowest BCUT2D eigenvalue weighted by molar-refractivity contribution is -0.139. The molecule has 0 aromatic rings. The highest BCUT2D eigenvalue weighted by atomic mass is 32.2. The van der Waals surface area contributed by atoms with E-state index in [1.807, 2.05) is 0 Å². The summed E-state index contributed by atoms with van der Waals surface area (Å²) in [6.07, 6.45) is 2.11. The Balaban J connectivity index is 1.91. The quantitative estimate of drug-likeness (QED) is 0.758. The summed E-state index contributed by atoms with van der Waals surface area (Å²) in [5.41, 5.74) is 0. The molecular formula is C11H20N2O2S. The highest BCUT2D eigenvalue weighted by Crippen LogP contribution is 2.39. The lowest BCUT2D eigenvalue weighted by atomic mass is 10.0. The van der Waals surface area contributed by atoms with Gasteiger partial charge >= 0.3 is 5.97 Å². The number of piperidine rings is 1. The van der Waals surface area contributed by atoms with Crippen molar-refractivity contribution in [3.8, 4) is 0 Å². The van der Waals surface area contributed by atoms with Crippen molar-refractivity contribution in [1.29, 1.82) is 0 Å². The largest absolute Gasteiger partial charge is 0.480 e. The van der Waals surface area contributed by atoms with Crippen LogP contribution in [0.2, 0.25) is 0 Å². The summed E-state index contributed by atoms with van der Waals surface area (Å²) >= 11 is 1.80. The van der Waals surface area contributed by atoms with E-state index < -0.39 is 5.97 Å². The molecule has 2 fully saturated rings. The number of nitrogens with zero attached hydrogens (tertiary/aromatic N) is 1. The maximum atomic E-state index is 10.9. The Morgan fingerprint density at radius 3 is 2.56 bits per heavy atom. The topological polar surface area (TPSA) is 52.6 Å². The number of carboxylic acid groups (broad SMARTS) is 1. The Labute approximate surface area is 101 Å². The van der Waals surface area contributed by atoms with Crippen LogP contribution < -0.4 is 5.32 Å². The van der Waals surface area contributed by atoms with Crippen molar-refractivity contribution in [2.75, 3.05) is 18.8 Å². The Morgan fingerprint density at radius 1 is 1.50 bits per heavy atom. The van der Waals surface area contributed by atoms with Crippen LogP contribution in [-0.2, 0) is 4.79 Å². The number of nitrogens with one attached hydrogen (secondary N) is 1. The minimum absolute atomic E-state index is 0.0362. The van der Waals surface area contributed by atoms with Gasteiger partial charge in [-0.15, -0.1) is 11.8 Å². The van der Waals surface area contributed by atoms with Crippen LogP contribution in [0.1, 0.15) is 26.7 Å². The maximum Gasteiger partial charge on any atom is 0.321 e. The molecule has 2 heterocycles. The van der Waals surface area contributed by atoms with Crippen LogP contribution in [0.4, 0.5) is 0 Å². The SMILES string of the molecule is CC(C)N1CCC2(CC1)N[C@@H](C(=O)O)CS2. The molecule has 0 aliphatic carbocycles. The van der Waals surface area contributed by atoms with E-state index in [0.717, 1.165) is 25.9 Å². The molecule has 0 aromatic heterocycles. The first-order valence-corrected chi connectivity index (χ1v) is 6.89. The molecule has 2 aliphatic rings. The van der Waals surface area contributed by atoms with E-state index in [0.29, 0.717) is 11.8 Å². The maximum absolute atomic E-state index is 10.9. The van der Waals surface area contributed by atoms with E-state index in [9.17, 15) is 4.79 Å². The lowest BCUT2D eigenvalue weighted by Crippen LogP contribution is -2.52. The predicted octanol–water partition coefficient (Wildman–Crippen LogP) is 0.977. The van der Waals surface area contributed by atoms with E-state index in [2.05, 4.69) is 24.1 Å². The zero-order chi connectivity index (χ0) is 11.8. The summed E-state index contributed by atoms with van der Waals surface area (Å²) < 4.78 is 0. The Hall–Kier alpha value is -0.260. The monoisotopic (exact) mass is 244 g/mol.